The topological polar surface area (TPSA) is 78.8 Å². The van der Waals surface area contributed by atoms with E-state index in [1.54, 1.807) is 32.0 Å². The van der Waals surface area contributed by atoms with Gasteiger partial charge in [-0.2, -0.15) is 0 Å². The Morgan fingerprint density at radius 3 is 2.53 bits per heavy atom. The summed E-state index contributed by atoms with van der Waals surface area (Å²) in [5, 5.41) is 11.7. The van der Waals surface area contributed by atoms with Crippen LogP contribution in [-0.4, -0.2) is 28.4 Å². The fourth-order valence-electron chi connectivity index (χ4n) is 1.62. The largest absolute Gasteiger partial charge is 0.478 e. The summed E-state index contributed by atoms with van der Waals surface area (Å²) in [7, 11) is 0. The number of hydrogen-bond donors (Lipinski definition) is 2. The summed E-state index contributed by atoms with van der Waals surface area (Å²) in [6.45, 7) is 3.36. The molecular weight excluding hydrogens is 220 g/mol. The molecule has 0 atom stereocenters. The van der Waals surface area contributed by atoms with Gasteiger partial charge in [0.1, 0.15) is 11.4 Å². The highest BCUT2D eigenvalue weighted by Crippen LogP contribution is 2.19. The van der Waals surface area contributed by atoms with E-state index in [9.17, 15) is 9.59 Å². The number of aliphatic imine (C=N–C) groups is 1. The predicted molar refractivity (Wildman–Crippen MR) is 62.2 cm³/mol. The Kier molecular flexibility index (Phi) is 2.46. The number of hydrogen-bond acceptors (Lipinski definition) is 3. The van der Waals surface area contributed by atoms with Gasteiger partial charge in [0.05, 0.1) is 5.56 Å². The summed E-state index contributed by atoms with van der Waals surface area (Å²) in [4.78, 5) is 26.8. The van der Waals surface area contributed by atoms with Gasteiger partial charge in [-0.3, -0.25) is 9.79 Å². The zero-order chi connectivity index (χ0) is 12.6. The Bertz CT molecular complexity index is 532. The Morgan fingerprint density at radius 2 is 2.00 bits per heavy atom. The third-order valence-electron chi connectivity index (χ3n) is 2.59. The van der Waals surface area contributed by atoms with Crippen molar-refractivity contribution in [3.05, 3.63) is 35.4 Å². The Labute approximate surface area is 98.2 Å². The molecule has 5 heteroatoms. The van der Waals surface area contributed by atoms with Crippen molar-refractivity contribution >= 4 is 17.7 Å². The van der Waals surface area contributed by atoms with Crippen LogP contribution in [0, 0.1) is 0 Å². The average molecular weight is 232 g/mol. The number of nitrogens with zero attached hydrogens (tertiary/aromatic N) is 1. The van der Waals surface area contributed by atoms with E-state index in [-0.39, 0.29) is 11.5 Å². The van der Waals surface area contributed by atoms with E-state index in [1.807, 2.05) is 0 Å². The lowest BCUT2D eigenvalue weighted by atomic mass is 10.1. The van der Waals surface area contributed by atoms with Crippen molar-refractivity contribution in [2.45, 2.75) is 19.4 Å². The van der Waals surface area contributed by atoms with Crippen LogP contribution in [0.4, 0.5) is 0 Å². The minimum atomic E-state index is -1.04. The molecule has 88 valence electrons. The number of carboxylic acid groups (broad SMARTS) is 1. The van der Waals surface area contributed by atoms with Crippen LogP contribution in [-0.2, 0) is 4.79 Å². The second-order valence-electron chi connectivity index (χ2n) is 4.32. The monoisotopic (exact) mass is 232 g/mol. The molecule has 0 radical (unpaired) electrons. The maximum Gasteiger partial charge on any atom is 0.336 e. The van der Waals surface area contributed by atoms with Crippen LogP contribution in [0.15, 0.2) is 29.3 Å². The molecule has 0 bridgehead atoms. The first-order chi connectivity index (χ1) is 7.92. The highest BCUT2D eigenvalue weighted by atomic mass is 16.4. The number of carbonyl (C=O) groups is 2. The summed E-state index contributed by atoms with van der Waals surface area (Å²) in [6.07, 6.45) is 0. The van der Waals surface area contributed by atoms with Crippen molar-refractivity contribution in [2.24, 2.45) is 4.99 Å². The molecule has 17 heavy (non-hydrogen) atoms. The van der Waals surface area contributed by atoms with E-state index in [1.165, 1.54) is 6.07 Å². The maximum atomic E-state index is 11.6. The Morgan fingerprint density at radius 1 is 1.35 bits per heavy atom. The number of amidine groups is 1. The van der Waals surface area contributed by atoms with Crippen molar-refractivity contribution < 1.29 is 14.7 Å². The van der Waals surface area contributed by atoms with Gasteiger partial charge >= 0.3 is 5.97 Å². The smallest absolute Gasteiger partial charge is 0.336 e. The lowest BCUT2D eigenvalue weighted by Crippen LogP contribution is -2.34. The molecule has 1 aliphatic heterocycles. The number of rotatable bonds is 2. The molecule has 0 saturated heterocycles. The Balaban J connectivity index is 2.50. The van der Waals surface area contributed by atoms with E-state index >= 15 is 0 Å². The summed E-state index contributed by atoms with van der Waals surface area (Å²) >= 11 is 0. The van der Waals surface area contributed by atoms with E-state index in [0.29, 0.717) is 11.4 Å². The van der Waals surface area contributed by atoms with Crippen LogP contribution >= 0.6 is 0 Å². The first kappa shape index (κ1) is 11.3. The van der Waals surface area contributed by atoms with Crippen LogP contribution in [0.1, 0.15) is 29.8 Å². The molecule has 1 heterocycles. The van der Waals surface area contributed by atoms with E-state index in [0.717, 1.165) is 0 Å². The molecular formula is C12H12N2O3. The minimum absolute atomic E-state index is 0.129. The molecule has 5 nitrogen and oxygen atoms in total. The fourth-order valence-corrected chi connectivity index (χ4v) is 1.62. The molecule has 1 amide bonds. The van der Waals surface area contributed by atoms with Crippen molar-refractivity contribution in [3.8, 4) is 0 Å². The van der Waals surface area contributed by atoms with Crippen LogP contribution < -0.4 is 5.32 Å². The molecule has 0 aromatic heterocycles. The number of carboxylic acids is 1. The number of aromatic carboxylic acids is 1. The molecule has 2 N–H and O–H groups in total. The lowest BCUT2D eigenvalue weighted by molar-refractivity contribution is -0.122. The third kappa shape index (κ3) is 1.91. The summed E-state index contributed by atoms with van der Waals surface area (Å²) in [5.74, 6) is -0.951. The number of amides is 1. The maximum absolute atomic E-state index is 11.6. The average Bonchev–Trinajstić information content (AvgIpc) is 2.53. The zero-order valence-corrected chi connectivity index (χ0v) is 9.52. The zero-order valence-electron chi connectivity index (χ0n) is 9.52. The molecule has 0 fully saturated rings. The number of benzene rings is 1. The summed E-state index contributed by atoms with van der Waals surface area (Å²) in [6, 6.07) is 6.46. The second-order valence-corrected chi connectivity index (χ2v) is 4.32. The van der Waals surface area contributed by atoms with E-state index in [2.05, 4.69) is 10.3 Å². The Hall–Kier alpha value is -2.17. The van der Waals surface area contributed by atoms with Crippen LogP contribution in [0.2, 0.25) is 0 Å². The molecule has 0 saturated carbocycles. The highest BCUT2D eigenvalue weighted by Gasteiger charge is 2.35. The third-order valence-corrected chi connectivity index (χ3v) is 2.59. The molecule has 1 aliphatic rings. The van der Waals surface area contributed by atoms with Crippen LogP contribution in [0.3, 0.4) is 0 Å². The van der Waals surface area contributed by atoms with Gasteiger partial charge in [-0.25, -0.2) is 4.79 Å². The summed E-state index contributed by atoms with van der Waals surface area (Å²) < 4.78 is 0. The van der Waals surface area contributed by atoms with Crippen molar-refractivity contribution in [1.82, 2.24) is 5.32 Å². The molecule has 1 aromatic carbocycles. The molecule has 2 rings (SSSR count). The highest BCUT2D eigenvalue weighted by molar-refractivity contribution is 6.18. The van der Waals surface area contributed by atoms with Crippen molar-refractivity contribution in [2.75, 3.05) is 0 Å². The van der Waals surface area contributed by atoms with Crippen molar-refractivity contribution in [1.29, 1.82) is 0 Å². The second kappa shape index (κ2) is 3.69. The van der Waals surface area contributed by atoms with Gasteiger partial charge in [0.15, 0.2) is 0 Å². The normalized spacial score (nSPS) is 17.5. The fraction of sp³-hybridized carbons (Fsp3) is 0.250. The molecule has 1 aromatic rings. The summed E-state index contributed by atoms with van der Waals surface area (Å²) in [5.41, 5.74) is -0.288. The van der Waals surface area contributed by atoms with Gasteiger partial charge in [-0.05, 0) is 19.9 Å². The molecule has 0 spiro atoms. The van der Waals surface area contributed by atoms with Gasteiger partial charge < -0.3 is 10.4 Å². The van der Waals surface area contributed by atoms with Gasteiger partial charge in [0, 0.05) is 5.56 Å². The predicted octanol–water partition coefficient (Wildman–Crippen LogP) is 1.04. The van der Waals surface area contributed by atoms with Crippen molar-refractivity contribution in [3.63, 3.8) is 0 Å². The number of carbonyl (C=O) groups excluding carboxylic acids is 1. The molecule has 0 aliphatic carbocycles. The van der Waals surface area contributed by atoms with E-state index in [4.69, 9.17) is 5.11 Å². The first-order valence-corrected chi connectivity index (χ1v) is 5.16. The molecule has 0 unspecified atom stereocenters. The quantitative estimate of drug-likeness (QED) is 0.799. The standard InChI is InChI=1S/C12H12N2O3/c1-12(2)11(17)13-9(14-12)7-5-3-4-6-8(7)10(15)16/h3-6H,1-2H3,(H,15,16)(H,13,14,17). The number of nitrogens with one attached hydrogen (secondary N) is 1. The SMILES string of the molecule is CC1(C)N=C(c2ccccc2C(=O)O)NC1=O. The van der Waals surface area contributed by atoms with Gasteiger partial charge in [-0.1, -0.05) is 18.2 Å². The van der Waals surface area contributed by atoms with Crippen LogP contribution in [0.5, 0.6) is 0 Å². The first-order valence-electron chi connectivity index (χ1n) is 5.16. The van der Waals surface area contributed by atoms with E-state index < -0.39 is 11.5 Å². The van der Waals surface area contributed by atoms with Gasteiger partial charge in [0.25, 0.3) is 5.91 Å². The van der Waals surface area contributed by atoms with Gasteiger partial charge in [-0.15, -0.1) is 0 Å². The van der Waals surface area contributed by atoms with Crippen LogP contribution in [0.25, 0.3) is 0 Å². The minimum Gasteiger partial charge on any atom is -0.478 e. The lowest BCUT2D eigenvalue weighted by Gasteiger charge is -2.07. The van der Waals surface area contributed by atoms with Gasteiger partial charge in [0.2, 0.25) is 0 Å².